The van der Waals surface area contributed by atoms with Crippen LogP contribution in [0.25, 0.3) is 0 Å². The van der Waals surface area contributed by atoms with Crippen LogP contribution in [0.1, 0.15) is 17.3 Å². The van der Waals surface area contributed by atoms with E-state index in [4.69, 9.17) is 9.84 Å². The van der Waals surface area contributed by atoms with E-state index in [1.807, 2.05) is 0 Å². The standard InChI is InChI=1S/C13H15NO5S/c1-2-19-13(18)9-5-3-4-6-10(9)14-11(15)7-20-8-12(16)17/h3-6H,2,7-8H2,1H3,(H,14,15)(H,16,17). The maximum absolute atomic E-state index is 11.7. The van der Waals surface area contributed by atoms with Gasteiger partial charge in [0.25, 0.3) is 0 Å². The van der Waals surface area contributed by atoms with E-state index in [2.05, 4.69) is 5.32 Å². The minimum Gasteiger partial charge on any atom is -0.481 e. The van der Waals surface area contributed by atoms with Gasteiger partial charge in [0.15, 0.2) is 0 Å². The first-order chi connectivity index (χ1) is 9.54. The second kappa shape index (κ2) is 8.21. The zero-order valence-electron chi connectivity index (χ0n) is 10.9. The predicted octanol–water partition coefficient (Wildman–Crippen LogP) is 1.62. The molecule has 1 aromatic rings. The van der Waals surface area contributed by atoms with Crippen molar-refractivity contribution >= 4 is 35.3 Å². The zero-order valence-corrected chi connectivity index (χ0v) is 11.7. The fourth-order valence-corrected chi connectivity index (χ4v) is 1.93. The lowest BCUT2D eigenvalue weighted by Crippen LogP contribution is -2.18. The monoisotopic (exact) mass is 297 g/mol. The van der Waals surface area contributed by atoms with Gasteiger partial charge in [-0.1, -0.05) is 12.1 Å². The molecular weight excluding hydrogens is 282 g/mol. The van der Waals surface area contributed by atoms with Crippen molar-refractivity contribution in [1.82, 2.24) is 0 Å². The van der Waals surface area contributed by atoms with E-state index in [1.165, 1.54) is 0 Å². The first kappa shape index (κ1) is 16.0. The number of hydrogen-bond donors (Lipinski definition) is 2. The van der Waals surface area contributed by atoms with E-state index in [9.17, 15) is 14.4 Å². The Kier molecular flexibility index (Phi) is 6.58. The molecular formula is C13H15NO5S. The Morgan fingerprint density at radius 2 is 1.95 bits per heavy atom. The molecule has 108 valence electrons. The third-order valence-corrected chi connectivity index (χ3v) is 3.07. The van der Waals surface area contributed by atoms with Crippen molar-refractivity contribution in [3.05, 3.63) is 29.8 Å². The van der Waals surface area contributed by atoms with Gasteiger partial charge in [-0.25, -0.2) is 4.79 Å². The number of hydrogen-bond acceptors (Lipinski definition) is 5. The first-order valence-electron chi connectivity index (χ1n) is 5.90. The summed E-state index contributed by atoms with van der Waals surface area (Å²) >= 11 is 0.985. The van der Waals surface area contributed by atoms with E-state index in [0.29, 0.717) is 5.69 Å². The molecule has 0 aliphatic carbocycles. The minimum absolute atomic E-state index is 0.00343. The van der Waals surface area contributed by atoms with Crippen molar-refractivity contribution in [2.75, 3.05) is 23.4 Å². The molecule has 0 unspecified atom stereocenters. The van der Waals surface area contributed by atoms with Gasteiger partial charge in [0.05, 0.1) is 29.4 Å². The molecule has 1 amide bonds. The Labute approximate surface area is 120 Å². The molecule has 0 spiro atoms. The molecule has 6 nitrogen and oxygen atoms in total. The normalized spacial score (nSPS) is 9.85. The first-order valence-corrected chi connectivity index (χ1v) is 7.05. The Bertz CT molecular complexity index is 503. The minimum atomic E-state index is -0.977. The maximum Gasteiger partial charge on any atom is 0.340 e. The molecule has 7 heteroatoms. The smallest absolute Gasteiger partial charge is 0.340 e. The quantitative estimate of drug-likeness (QED) is 0.743. The highest BCUT2D eigenvalue weighted by atomic mass is 32.2. The number of thioether (sulfide) groups is 1. The summed E-state index contributed by atoms with van der Waals surface area (Å²) in [6, 6.07) is 6.49. The average molecular weight is 297 g/mol. The van der Waals surface area contributed by atoms with E-state index >= 15 is 0 Å². The van der Waals surface area contributed by atoms with Crippen LogP contribution in [0.15, 0.2) is 24.3 Å². The van der Waals surface area contributed by atoms with Gasteiger partial charge in [0, 0.05) is 0 Å². The second-order valence-corrected chi connectivity index (χ2v) is 4.69. The van der Waals surface area contributed by atoms with Crippen molar-refractivity contribution in [3.8, 4) is 0 Å². The summed E-state index contributed by atoms with van der Waals surface area (Å²) in [5, 5.41) is 11.0. The summed E-state index contributed by atoms with van der Waals surface area (Å²) in [6.45, 7) is 1.94. The summed E-state index contributed by atoms with van der Waals surface area (Å²) in [4.78, 5) is 33.7. The molecule has 0 aromatic heterocycles. The predicted molar refractivity (Wildman–Crippen MR) is 76.0 cm³/mol. The molecule has 0 fully saturated rings. The molecule has 2 N–H and O–H groups in total. The fourth-order valence-electron chi connectivity index (χ4n) is 1.40. The molecule has 1 aromatic carbocycles. The number of para-hydroxylation sites is 1. The number of carbonyl (C=O) groups excluding carboxylic acids is 2. The lowest BCUT2D eigenvalue weighted by molar-refractivity contribution is -0.133. The molecule has 0 saturated heterocycles. The van der Waals surface area contributed by atoms with Crippen molar-refractivity contribution < 1.29 is 24.2 Å². The second-order valence-electron chi connectivity index (χ2n) is 3.70. The van der Waals surface area contributed by atoms with Crippen molar-refractivity contribution in [1.29, 1.82) is 0 Å². The number of benzene rings is 1. The fraction of sp³-hybridized carbons (Fsp3) is 0.308. The van der Waals surface area contributed by atoms with Crippen LogP contribution in [0, 0.1) is 0 Å². The average Bonchev–Trinajstić information content (AvgIpc) is 2.39. The highest BCUT2D eigenvalue weighted by molar-refractivity contribution is 8.00. The van der Waals surface area contributed by atoms with Gasteiger partial charge >= 0.3 is 11.9 Å². The highest BCUT2D eigenvalue weighted by Crippen LogP contribution is 2.16. The van der Waals surface area contributed by atoms with Crippen LogP contribution in [0.5, 0.6) is 0 Å². The van der Waals surface area contributed by atoms with Crippen LogP contribution in [0.2, 0.25) is 0 Å². The Balaban J connectivity index is 2.65. The molecule has 0 heterocycles. The van der Waals surface area contributed by atoms with Crippen LogP contribution in [0.3, 0.4) is 0 Å². The van der Waals surface area contributed by atoms with E-state index in [1.54, 1.807) is 31.2 Å². The van der Waals surface area contributed by atoms with Crippen molar-refractivity contribution in [2.24, 2.45) is 0 Å². The number of carboxylic acid groups (broad SMARTS) is 1. The molecule has 1 rings (SSSR count). The molecule has 0 aliphatic heterocycles. The summed E-state index contributed by atoms with van der Waals surface area (Å²) in [6.07, 6.45) is 0. The third-order valence-electron chi connectivity index (χ3n) is 2.16. The Morgan fingerprint density at radius 1 is 1.25 bits per heavy atom. The SMILES string of the molecule is CCOC(=O)c1ccccc1NC(=O)CSCC(=O)O. The highest BCUT2D eigenvalue weighted by Gasteiger charge is 2.14. The number of amides is 1. The lowest BCUT2D eigenvalue weighted by atomic mass is 10.2. The number of rotatable bonds is 7. The van der Waals surface area contributed by atoms with Gasteiger partial charge in [0.1, 0.15) is 0 Å². The summed E-state index contributed by atoms with van der Waals surface area (Å²) < 4.78 is 4.89. The van der Waals surface area contributed by atoms with Crippen molar-refractivity contribution in [3.63, 3.8) is 0 Å². The zero-order chi connectivity index (χ0) is 15.0. The lowest BCUT2D eigenvalue weighted by Gasteiger charge is -2.09. The van der Waals surface area contributed by atoms with Crippen LogP contribution in [0.4, 0.5) is 5.69 Å². The third kappa shape index (κ3) is 5.31. The summed E-state index contributed by atoms with van der Waals surface area (Å²) in [7, 11) is 0. The van der Waals surface area contributed by atoms with E-state index in [-0.39, 0.29) is 29.6 Å². The van der Waals surface area contributed by atoms with Gasteiger partial charge in [-0.15, -0.1) is 11.8 Å². The number of esters is 1. The van der Waals surface area contributed by atoms with Crippen LogP contribution in [-0.4, -0.2) is 41.1 Å². The van der Waals surface area contributed by atoms with Crippen molar-refractivity contribution in [2.45, 2.75) is 6.92 Å². The number of carboxylic acids is 1. The molecule has 0 saturated carbocycles. The van der Waals surface area contributed by atoms with Gasteiger partial charge in [0.2, 0.25) is 5.91 Å². The van der Waals surface area contributed by atoms with Gasteiger partial charge in [-0.05, 0) is 19.1 Å². The molecule has 0 aliphatic rings. The summed E-state index contributed by atoms with van der Waals surface area (Å²) in [5.74, 6) is -2.00. The van der Waals surface area contributed by atoms with Crippen LogP contribution in [-0.2, 0) is 14.3 Å². The number of nitrogens with one attached hydrogen (secondary N) is 1. The van der Waals surface area contributed by atoms with E-state index in [0.717, 1.165) is 11.8 Å². The maximum atomic E-state index is 11.7. The van der Waals surface area contributed by atoms with Gasteiger partial charge in [-0.3, -0.25) is 9.59 Å². The topological polar surface area (TPSA) is 92.7 Å². The molecule has 0 radical (unpaired) electrons. The van der Waals surface area contributed by atoms with Gasteiger partial charge < -0.3 is 15.2 Å². The number of aliphatic carboxylic acids is 1. The van der Waals surface area contributed by atoms with Gasteiger partial charge in [-0.2, -0.15) is 0 Å². The number of ether oxygens (including phenoxy) is 1. The van der Waals surface area contributed by atoms with Crippen LogP contribution >= 0.6 is 11.8 Å². The molecule has 0 bridgehead atoms. The molecule has 20 heavy (non-hydrogen) atoms. The largest absolute Gasteiger partial charge is 0.481 e. The van der Waals surface area contributed by atoms with Crippen LogP contribution < -0.4 is 5.32 Å². The van der Waals surface area contributed by atoms with E-state index < -0.39 is 11.9 Å². The molecule has 0 atom stereocenters. The number of carbonyl (C=O) groups is 3. The summed E-state index contributed by atoms with van der Waals surface area (Å²) in [5.41, 5.74) is 0.623. The number of anilines is 1. The Hall–Kier alpha value is -2.02. The Morgan fingerprint density at radius 3 is 2.60 bits per heavy atom.